The van der Waals surface area contributed by atoms with Gasteiger partial charge < -0.3 is 25.7 Å². The van der Waals surface area contributed by atoms with E-state index in [9.17, 15) is 36.6 Å². The van der Waals surface area contributed by atoms with Crippen LogP contribution in [0, 0.1) is 5.92 Å². The van der Waals surface area contributed by atoms with Crippen molar-refractivity contribution >= 4 is 28.0 Å². The number of rotatable bonds is 8. The number of H-pyrrole nitrogens is 1. The standard InChI is InChI=1S/C26H28F6N8O3/c27-25(28,29)9-39(8-17-20(41)21(42)24(43-17)40-11-36-19-22(33)34-10-35-23(19)40)14-5-12(6-14)1-4-18-37-15-3-2-13(26(30,31)32)7-16(15)38-18/h2-3,7,10-12,14,17,20-21,24,41-42H,1,4-6,8-9H2,(H,37,38)(H2,33,34,35)/t12?,14?,17-,20-,21-,24-/m1/s1. The molecule has 1 aromatic carbocycles. The fraction of sp³-hybridized carbons (Fsp3) is 0.538. The lowest BCUT2D eigenvalue weighted by atomic mass is 9.76. The van der Waals surface area contributed by atoms with Crippen molar-refractivity contribution < 1.29 is 41.3 Å². The molecule has 0 spiro atoms. The van der Waals surface area contributed by atoms with Crippen molar-refractivity contribution in [1.82, 2.24) is 34.4 Å². The Balaban J connectivity index is 1.08. The highest BCUT2D eigenvalue weighted by molar-refractivity contribution is 5.81. The van der Waals surface area contributed by atoms with Gasteiger partial charge in [-0.25, -0.2) is 19.9 Å². The number of nitrogens with one attached hydrogen (secondary N) is 1. The van der Waals surface area contributed by atoms with Gasteiger partial charge in [-0.1, -0.05) is 0 Å². The van der Waals surface area contributed by atoms with Crippen LogP contribution in [0.2, 0.25) is 0 Å². The number of aromatic nitrogens is 6. The maximum atomic E-state index is 13.5. The SMILES string of the molecule is Nc1ncnc2c1ncn2[C@@H]1O[C@H](CN(CC(F)(F)F)C2CC(CCc3nc4ccc(C(F)(F)F)cc4[nH]3)C2)[C@@H](O)[C@H]1O. The number of hydrogen-bond donors (Lipinski definition) is 4. The number of nitrogens with zero attached hydrogens (tertiary/aromatic N) is 6. The number of nitrogens with two attached hydrogens (primary N) is 1. The highest BCUT2D eigenvalue weighted by Gasteiger charge is 2.48. The molecule has 0 bridgehead atoms. The van der Waals surface area contributed by atoms with Crippen LogP contribution in [0.15, 0.2) is 30.9 Å². The third-order valence-electron chi connectivity index (χ3n) is 8.17. The number of nitrogen functional groups attached to an aromatic ring is 1. The Bertz CT molecular complexity index is 1600. The molecular formula is C26H28F6N8O3. The number of alkyl halides is 6. The van der Waals surface area contributed by atoms with Gasteiger partial charge in [-0.3, -0.25) is 9.47 Å². The molecule has 0 amide bonds. The van der Waals surface area contributed by atoms with E-state index in [1.807, 2.05) is 0 Å². The van der Waals surface area contributed by atoms with E-state index >= 15 is 0 Å². The number of anilines is 1. The van der Waals surface area contributed by atoms with Crippen LogP contribution in [0.5, 0.6) is 0 Å². The molecule has 6 rings (SSSR count). The first-order valence-corrected chi connectivity index (χ1v) is 13.6. The first kappa shape index (κ1) is 29.5. The van der Waals surface area contributed by atoms with Crippen molar-refractivity contribution in [3.8, 4) is 0 Å². The highest BCUT2D eigenvalue weighted by atomic mass is 19.4. The molecule has 3 aromatic heterocycles. The van der Waals surface area contributed by atoms with Crippen LogP contribution in [0.4, 0.5) is 32.2 Å². The van der Waals surface area contributed by atoms with Gasteiger partial charge in [-0.15, -0.1) is 0 Å². The Morgan fingerprint density at radius 3 is 2.56 bits per heavy atom. The summed E-state index contributed by atoms with van der Waals surface area (Å²) < 4.78 is 86.8. The average Bonchev–Trinajstić information content (AvgIpc) is 3.58. The van der Waals surface area contributed by atoms with E-state index in [1.54, 1.807) is 0 Å². The summed E-state index contributed by atoms with van der Waals surface area (Å²) in [5.74, 6) is 0.682. The van der Waals surface area contributed by atoms with Crippen molar-refractivity contribution in [2.24, 2.45) is 5.92 Å². The number of aryl methyl sites for hydroxylation is 1. The quantitative estimate of drug-likeness (QED) is 0.219. The van der Waals surface area contributed by atoms with E-state index < -0.39 is 55.0 Å². The van der Waals surface area contributed by atoms with Crippen molar-refractivity contribution in [3.05, 3.63) is 42.2 Å². The predicted molar refractivity (Wildman–Crippen MR) is 139 cm³/mol. The zero-order chi connectivity index (χ0) is 30.7. The van der Waals surface area contributed by atoms with Gasteiger partial charge in [0.05, 0.1) is 29.5 Å². The minimum Gasteiger partial charge on any atom is -0.387 e. The van der Waals surface area contributed by atoms with Crippen molar-refractivity contribution in [3.63, 3.8) is 0 Å². The Morgan fingerprint density at radius 1 is 1.07 bits per heavy atom. The van der Waals surface area contributed by atoms with Gasteiger partial charge in [0.25, 0.3) is 0 Å². The summed E-state index contributed by atoms with van der Waals surface area (Å²) in [5, 5.41) is 21.4. The predicted octanol–water partition coefficient (Wildman–Crippen LogP) is 3.20. The monoisotopic (exact) mass is 614 g/mol. The Labute approximate surface area is 239 Å². The molecule has 1 aliphatic carbocycles. The minimum atomic E-state index is -4.51. The Hall–Kier alpha value is -3.54. The molecule has 1 saturated carbocycles. The number of benzene rings is 1. The van der Waals surface area contributed by atoms with Crippen molar-refractivity contribution in [2.75, 3.05) is 18.8 Å². The molecule has 4 aromatic rings. The fourth-order valence-corrected chi connectivity index (χ4v) is 5.90. The van der Waals surface area contributed by atoms with E-state index in [4.69, 9.17) is 10.5 Å². The van der Waals surface area contributed by atoms with Crippen LogP contribution in [0.1, 0.15) is 36.9 Å². The summed E-state index contributed by atoms with van der Waals surface area (Å²) in [6.07, 6.45) is -9.78. The van der Waals surface area contributed by atoms with Crippen LogP contribution in [-0.2, 0) is 17.3 Å². The fourth-order valence-electron chi connectivity index (χ4n) is 5.90. The Morgan fingerprint density at radius 2 is 1.84 bits per heavy atom. The summed E-state index contributed by atoms with van der Waals surface area (Å²) in [6, 6.07) is 2.82. The summed E-state index contributed by atoms with van der Waals surface area (Å²) in [6.45, 7) is -1.50. The molecule has 43 heavy (non-hydrogen) atoms. The third-order valence-corrected chi connectivity index (χ3v) is 8.17. The normalized spacial score (nSPS) is 26.5. The molecule has 2 fully saturated rings. The average molecular weight is 615 g/mol. The minimum absolute atomic E-state index is 0.0786. The van der Waals surface area contributed by atoms with Crippen LogP contribution in [-0.4, -0.2) is 88.2 Å². The first-order chi connectivity index (χ1) is 20.3. The van der Waals surface area contributed by atoms with Crippen LogP contribution in [0.25, 0.3) is 22.2 Å². The first-order valence-electron chi connectivity index (χ1n) is 13.6. The molecule has 4 heterocycles. The molecule has 17 heteroatoms. The number of aliphatic hydroxyl groups is 2. The molecule has 0 unspecified atom stereocenters. The lowest BCUT2D eigenvalue weighted by Gasteiger charge is -2.44. The van der Waals surface area contributed by atoms with Gasteiger partial charge in [0, 0.05) is 19.0 Å². The maximum absolute atomic E-state index is 13.5. The molecule has 0 radical (unpaired) electrons. The second-order valence-corrected chi connectivity index (χ2v) is 11.1. The number of hydrogen-bond acceptors (Lipinski definition) is 9. The molecule has 1 saturated heterocycles. The molecule has 4 atom stereocenters. The van der Waals surface area contributed by atoms with Crippen LogP contribution >= 0.6 is 0 Å². The third kappa shape index (κ3) is 5.98. The number of aliphatic hydroxyl groups excluding tert-OH is 2. The van der Waals surface area contributed by atoms with Gasteiger partial charge in [-0.05, 0) is 43.4 Å². The molecule has 1 aliphatic heterocycles. The highest BCUT2D eigenvalue weighted by Crippen LogP contribution is 2.39. The summed E-state index contributed by atoms with van der Waals surface area (Å²) in [5.41, 5.74) is 6.19. The van der Waals surface area contributed by atoms with E-state index in [0.29, 0.717) is 37.0 Å². The number of aromatic amines is 1. The van der Waals surface area contributed by atoms with Crippen LogP contribution < -0.4 is 5.73 Å². The smallest absolute Gasteiger partial charge is 0.387 e. The van der Waals surface area contributed by atoms with E-state index in [-0.39, 0.29) is 35.0 Å². The number of fused-ring (bicyclic) bond motifs is 2. The van der Waals surface area contributed by atoms with Crippen LogP contribution in [0.3, 0.4) is 0 Å². The molecular weight excluding hydrogens is 586 g/mol. The number of imidazole rings is 2. The van der Waals surface area contributed by atoms with Crippen molar-refractivity contribution in [2.45, 2.75) is 68.6 Å². The molecule has 5 N–H and O–H groups in total. The van der Waals surface area contributed by atoms with Gasteiger partial charge in [0.1, 0.15) is 36.0 Å². The maximum Gasteiger partial charge on any atom is 0.416 e. The van der Waals surface area contributed by atoms with Gasteiger partial charge in [0.2, 0.25) is 0 Å². The van der Waals surface area contributed by atoms with E-state index in [0.717, 1.165) is 12.1 Å². The molecule has 232 valence electrons. The largest absolute Gasteiger partial charge is 0.416 e. The second kappa shape index (κ2) is 10.9. The summed E-state index contributed by atoms with van der Waals surface area (Å²) >= 11 is 0. The number of halogens is 6. The summed E-state index contributed by atoms with van der Waals surface area (Å²) in [4.78, 5) is 20.5. The zero-order valence-electron chi connectivity index (χ0n) is 22.4. The topological polar surface area (TPSA) is 151 Å². The summed E-state index contributed by atoms with van der Waals surface area (Å²) in [7, 11) is 0. The van der Waals surface area contributed by atoms with Gasteiger partial charge in [0.15, 0.2) is 17.7 Å². The van der Waals surface area contributed by atoms with Gasteiger partial charge >= 0.3 is 12.4 Å². The second-order valence-electron chi connectivity index (χ2n) is 11.1. The van der Waals surface area contributed by atoms with Gasteiger partial charge in [-0.2, -0.15) is 26.3 Å². The van der Waals surface area contributed by atoms with E-state index in [1.165, 1.54) is 28.2 Å². The lowest BCUT2D eigenvalue weighted by Crippen LogP contribution is -2.52. The van der Waals surface area contributed by atoms with E-state index in [2.05, 4.69) is 24.9 Å². The molecule has 11 nitrogen and oxygen atoms in total. The molecule has 2 aliphatic rings. The number of ether oxygens (including phenoxy) is 1. The van der Waals surface area contributed by atoms with Crippen molar-refractivity contribution in [1.29, 1.82) is 0 Å². The lowest BCUT2D eigenvalue weighted by molar-refractivity contribution is -0.164. The zero-order valence-corrected chi connectivity index (χ0v) is 22.4. The Kier molecular flexibility index (Phi) is 7.46.